The molecule has 3 atom stereocenters. The van der Waals surface area contributed by atoms with E-state index in [0.717, 1.165) is 24.9 Å². The Bertz CT molecular complexity index is 529. The molecule has 132 valence electrons. The van der Waals surface area contributed by atoms with Gasteiger partial charge in [0.1, 0.15) is 5.92 Å². The topological polar surface area (TPSA) is 48.0 Å². The fourth-order valence-electron chi connectivity index (χ4n) is 3.74. The monoisotopic (exact) mass is 333 g/mol. The molecular weight excluding hydrogens is 306 g/mol. The van der Waals surface area contributed by atoms with Crippen LogP contribution in [0.4, 0.5) is 0 Å². The van der Waals surface area contributed by atoms with Gasteiger partial charge in [-0.1, -0.05) is 30.3 Å². The molecule has 0 saturated carbocycles. The summed E-state index contributed by atoms with van der Waals surface area (Å²) >= 11 is 0. The predicted molar refractivity (Wildman–Crippen MR) is 90.3 cm³/mol. The molecule has 1 amide bonds. The van der Waals surface area contributed by atoms with Crippen molar-refractivity contribution in [1.82, 2.24) is 4.90 Å². The van der Waals surface area contributed by atoms with Crippen LogP contribution in [0.1, 0.15) is 32.3 Å². The summed E-state index contributed by atoms with van der Waals surface area (Å²) in [6.45, 7) is 6.32. The number of piperidine rings is 1. The normalized spacial score (nSPS) is 26.4. The third-order valence-electron chi connectivity index (χ3n) is 4.83. The van der Waals surface area contributed by atoms with Crippen LogP contribution in [0.25, 0.3) is 0 Å². The van der Waals surface area contributed by atoms with Gasteiger partial charge < -0.3 is 19.1 Å². The van der Waals surface area contributed by atoms with Gasteiger partial charge in [0.05, 0.1) is 18.8 Å². The van der Waals surface area contributed by atoms with Gasteiger partial charge in [0.15, 0.2) is 6.29 Å². The highest BCUT2D eigenvalue weighted by molar-refractivity contribution is 5.87. The predicted octanol–water partition coefficient (Wildman–Crippen LogP) is 2.59. The molecule has 0 unspecified atom stereocenters. The maximum absolute atomic E-state index is 12.5. The summed E-state index contributed by atoms with van der Waals surface area (Å²) in [6, 6.07) is 10.2. The highest BCUT2D eigenvalue weighted by Gasteiger charge is 2.56. The molecule has 24 heavy (non-hydrogen) atoms. The Kier molecular flexibility index (Phi) is 5.87. The van der Waals surface area contributed by atoms with Gasteiger partial charge in [0, 0.05) is 19.8 Å². The summed E-state index contributed by atoms with van der Waals surface area (Å²) < 4.78 is 17.6. The largest absolute Gasteiger partial charge is 0.371 e. The van der Waals surface area contributed by atoms with Crippen LogP contribution in [-0.2, 0) is 25.6 Å². The second-order valence-electron chi connectivity index (χ2n) is 6.30. The van der Waals surface area contributed by atoms with Crippen molar-refractivity contribution in [3.8, 4) is 0 Å². The number of carbonyl (C=O) groups is 1. The molecule has 0 N–H and O–H groups in total. The Morgan fingerprint density at radius 2 is 1.88 bits per heavy atom. The first-order valence-electron chi connectivity index (χ1n) is 8.95. The highest BCUT2D eigenvalue weighted by Crippen LogP contribution is 2.39. The first-order chi connectivity index (χ1) is 11.8. The zero-order valence-electron chi connectivity index (χ0n) is 14.5. The lowest BCUT2D eigenvalue weighted by atomic mass is 9.78. The number of amides is 1. The van der Waals surface area contributed by atoms with Crippen LogP contribution in [0.2, 0.25) is 0 Å². The van der Waals surface area contributed by atoms with Crippen molar-refractivity contribution < 1.29 is 19.0 Å². The molecule has 5 nitrogen and oxygen atoms in total. The van der Waals surface area contributed by atoms with Gasteiger partial charge in [-0.15, -0.1) is 0 Å². The van der Waals surface area contributed by atoms with Gasteiger partial charge in [-0.3, -0.25) is 4.79 Å². The maximum atomic E-state index is 12.5. The molecule has 2 fully saturated rings. The second kappa shape index (κ2) is 8.10. The van der Waals surface area contributed by atoms with Crippen molar-refractivity contribution in [2.45, 2.75) is 51.7 Å². The highest BCUT2D eigenvalue weighted by atomic mass is 16.7. The van der Waals surface area contributed by atoms with E-state index >= 15 is 0 Å². The smallest absolute Gasteiger partial charge is 0.233 e. The number of hydrogen-bond donors (Lipinski definition) is 0. The molecule has 2 heterocycles. The summed E-state index contributed by atoms with van der Waals surface area (Å²) in [5.74, 6) is -0.106. The number of hydrogen-bond acceptors (Lipinski definition) is 4. The van der Waals surface area contributed by atoms with E-state index in [1.165, 1.54) is 0 Å². The molecule has 3 rings (SSSR count). The average Bonchev–Trinajstić information content (AvgIpc) is 2.61. The third-order valence-corrected chi connectivity index (χ3v) is 4.83. The first kappa shape index (κ1) is 17.4. The Balaban J connectivity index is 1.67. The van der Waals surface area contributed by atoms with Gasteiger partial charge in [-0.25, -0.2) is 0 Å². The van der Waals surface area contributed by atoms with Crippen molar-refractivity contribution in [1.29, 1.82) is 0 Å². The quantitative estimate of drug-likeness (QED) is 0.542. The van der Waals surface area contributed by atoms with Crippen LogP contribution in [-0.4, -0.2) is 49.0 Å². The number of ether oxygens (including phenoxy) is 3. The minimum atomic E-state index is -0.463. The van der Waals surface area contributed by atoms with E-state index in [4.69, 9.17) is 14.2 Å². The minimum absolute atomic E-state index is 0.0464. The van der Waals surface area contributed by atoms with E-state index in [1.54, 1.807) is 0 Å². The zero-order valence-corrected chi connectivity index (χ0v) is 14.5. The van der Waals surface area contributed by atoms with Gasteiger partial charge in [0.25, 0.3) is 0 Å². The number of carbonyl (C=O) groups excluding carboxylic acids is 1. The van der Waals surface area contributed by atoms with Crippen LogP contribution in [0, 0.1) is 5.92 Å². The van der Waals surface area contributed by atoms with E-state index in [0.29, 0.717) is 19.8 Å². The summed E-state index contributed by atoms with van der Waals surface area (Å²) in [5.41, 5.74) is 1.16. The van der Waals surface area contributed by atoms with E-state index in [-0.39, 0.29) is 24.0 Å². The molecule has 2 aliphatic rings. The number of nitrogens with zero attached hydrogens (tertiary/aromatic N) is 1. The molecule has 2 saturated heterocycles. The van der Waals surface area contributed by atoms with Crippen molar-refractivity contribution in [2.24, 2.45) is 5.92 Å². The molecule has 1 aromatic carbocycles. The number of benzene rings is 1. The van der Waals surface area contributed by atoms with Crippen LogP contribution in [0.5, 0.6) is 0 Å². The molecular formula is C19H27NO4. The Morgan fingerprint density at radius 1 is 1.17 bits per heavy atom. The van der Waals surface area contributed by atoms with Gasteiger partial charge in [0.2, 0.25) is 5.91 Å². The summed E-state index contributed by atoms with van der Waals surface area (Å²) in [6.07, 6.45) is 1.55. The van der Waals surface area contributed by atoms with Crippen molar-refractivity contribution >= 4 is 5.91 Å². The number of fused-ring (bicyclic) bond motifs is 1. The lowest BCUT2D eigenvalue weighted by Gasteiger charge is -2.54. The van der Waals surface area contributed by atoms with Gasteiger partial charge in [-0.05, 0) is 32.3 Å². The van der Waals surface area contributed by atoms with Crippen LogP contribution in [0.3, 0.4) is 0 Å². The molecule has 0 aliphatic carbocycles. The fraction of sp³-hybridized carbons (Fsp3) is 0.632. The summed E-state index contributed by atoms with van der Waals surface area (Å²) in [5, 5.41) is 0. The summed E-state index contributed by atoms with van der Waals surface area (Å²) in [4.78, 5) is 14.5. The SMILES string of the molecule is CCOC(OCC)[C@@H]1C(=O)N2CCC[C@H](OCc3ccccc3)[C@@H]12. The summed E-state index contributed by atoms with van der Waals surface area (Å²) in [7, 11) is 0. The molecule has 0 bridgehead atoms. The number of rotatable bonds is 8. The Labute approximate surface area is 143 Å². The Morgan fingerprint density at radius 3 is 2.54 bits per heavy atom. The minimum Gasteiger partial charge on any atom is -0.371 e. The molecule has 0 spiro atoms. The van der Waals surface area contributed by atoms with Crippen molar-refractivity contribution in [3.63, 3.8) is 0 Å². The van der Waals surface area contributed by atoms with Crippen LogP contribution < -0.4 is 0 Å². The fourth-order valence-corrected chi connectivity index (χ4v) is 3.74. The molecule has 2 aliphatic heterocycles. The lowest BCUT2D eigenvalue weighted by Crippen LogP contribution is -2.71. The zero-order chi connectivity index (χ0) is 16.9. The van der Waals surface area contributed by atoms with E-state index in [1.807, 2.05) is 36.9 Å². The van der Waals surface area contributed by atoms with Gasteiger partial charge >= 0.3 is 0 Å². The van der Waals surface area contributed by atoms with E-state index < -0.39 is 6.29 Å². The average molecular weight is 333 g/mol. The van der Waals surface area contributed by atoms with Crippen LogP contribution in [0.15, 0.2) is 30.3 Å². The third kappa shape index (κ3) is 3.48. The number of β-lactam (4-membered cyclic amide) rings is 1. The van der Waals surface area contributed by atoms with E-state index in [2.05, 4.69) is 12.1 Å². The molecule has 0 aromatic heterocycles. The lowest BCUT2D eigenvalue weighted by molar-refractivity contribution is -0.232. The molecule has 5 heteroatoms. The van der Waals surface area contributed by atoms with Crippen molar-refractivity contribution in [2.75, 3.05) is 19.8 Å². The standard InChI is InChI=1S/C19H27NO4/c1-3-22-19(23-4-2)16-17-15(11-8-12-20(17)18(16)21)24-13-14-9-6-5-7-10-14/h5-7,9-10,15-17,19H,3-4,8,11-13H2,1-2H3/t15-,16-,17-/m0/s1. The first-order valence-corrected chi connectivity index (χ1v) is 8.95. The van der Waals surface area contributed by atoms with Crippen molar-refractivity contribution in [3.05, 3.63) is 35.9 Å². The Hall–Kier alpha value is -1.43. The van der Waals surface area contributed by atoms with Gasteiger partial charge in [-0.2, -0.15) is 0 Å². The van der Waals surface area contributed by atoms with E-state index in [9.17, 15) is 4.79 Å². The maximum Gasteiger partial charge on any atom is 0.233 e. The molecule has 0 radical (unpaired) electrons. The van der Waals surface area contributed by atoms with Crippen LogP contribution >= 0.6 is 0 Å². The molecule has 1 aromatic rings. The second-order valence-corrected chi connectivity index (χ2v) is 6.30.